The standard InChI is InChI=1S/C22H28N2O4/c1-14(2)12-19(21(26)24-18-10-11-28-22(18)27)23-20(25)13-16-8-5-7-15-6-3-4-9-17(15)16/h3-9,14,18-19,22,27H,10-13H2,1-2H3,(H,23,25)(H,24,26)/t18-,19-,22?/m0/s1. The minimum absolute atomic E-state index is 0.194. The summed E-state index contributed by atoms with van der Waals surface area (Å²) in [5.41, 5.74) is 0.930. The molecule has 0 bridgehead atoms. The van der Waals surface area contributed by atoms with Crippen molar-refractivity contribution in [2.75, 3.05) is 6.61 Å². The first-order chi connectivity index (χ1) is 13.4. The van der Waals surface area contributed by atoms with Gasteiger partial charge in [0.2, 0.25) is 11.8 Å². The zero-order valence-electron chi connectivity index (χ0n) is 16.4. The lowest BCUT2D eigenvalue weighted by Gasteiger charge is -2.23. The maximum absolute atomic E-state index is 12.7. The molecule has 1 aliphatic rings. The molecule has 3 atom stereocenters. The van der Waals surface area contributed by atoms with E-state index in [1.54, 1.807) is 0 Å². The second-order valence-corrected chi connectivity index (χ2v) is 7.73. The maximum atomic E-state index is 12.7. The Kier molecular flexibility index (Phi) is 6.65. The highest BCUT2D eigenvalue weighted by atomic mass is 16.6. The lowest BCUT2D eigenvalue weighted by atomic mass is 10.00. The number of aliphatic hydroxyl groups excluding tert-OH is 1. The normalized spacial score (nSPS) is 20.3. The zero-order valence-corrected chi connectivity index (χ0v) is 16.4. The van der Waals surface area contributed by atoms with Gasteiger partial charge in [-0.05, 0) is 35.1 Å². The third kappa shape index (κ3) is 5.09. The summed E-state index contributed by atoms with van der Waals surface area (Å²) >= 11 is 0. The Balaban J connectivity index is 1.67. The molecule has 3 N–H and O–H groups in total. The van der Waals surface area contributed by atoms with E-state index in [2.05, 4.69) is 10.6 Å². The van der Waals surface area contributed by atoms with Crippen LogP contribution in [-0.2, 0) is 20.7 Å². The molecule has 2 aromatic carbocycles. The monoisotopic (exact) mass is 384 g/mol. The van der Waals surface area contributed by atoms with Gasteiger partial charge in [-0.15, -0.1) is 0 Å². The van der Waals surface area contributed by atoms with Crippen molar-refractivity contribution in [3.05, 3.63) is 48.0 Å². The van der Waals surface area contributed by atoms with Crippen LogP contribution in [0.2, 0.25) is 0 Å². The summed E-state index contributed by atoms with van der Waals surface area (Å²) in [7, 11) is 0. The number of amides is 2. The Morgan fingerprint density at radius 2 is 1.93 bits per heavy atom. The van der Waals surface area contributed by atoms with Gasteiger partial charge in [0.25, 0.3) is 0 Å². The topological polar surface area (TPSA) is 87.7 Å². The fourth-order valence-electron chi connectivity index (χ4n) is 3.57. The number of hydrogen-bond donors (Lipinski definition) is 3. The van der Waals surface area contributed by atoms with Crippen LogP contribution in [0.3, 0.4) is 0 Å². The second-order valence-electron chi connectivity index (χ2n) is 7.73. The van der Waals surface area contributed by atoms with E-state index in [0.717, 1.165) is 16.3 Å². The van der Waals surface area contributed by atoms with Crippen molar-refractivity contribution in [1.82, 2.24) is 10.6 Å². The van der Waals surface area contributed by atoms with Gasteiger partial charge in [0, 0.05) is 0 Å². The van der Waals surface area contributed by atoms with Crippen molar-refractivity contribution in [3.8, 4) is 0 Å². The number of benzene rings is 2. The van der Waals surface area contributed by atoms with E-state index in [-0.39, 0.29) is 24.2 Å². The third-order valence-corrected chi connectivity index (χ3v) is 4.98. The molecule has 0 aliphatic carbocycles. The molecule has 2 amide bonds. The van der Waals surface area contributed by atoms with E-state index < -0.39 is 18.4 Å². The highest BCUT2D eigenvalue weighted by molar-refractivity contribution is 5.92. The number of hydrogen-bond acceptors (Lipinski definition) is 4. The van der Waals surface area contributed by atoms with E-state index in [1.807, 2.05) is 56.3 Å². The summed E-state index contributed by atoms with van der Waals surface area (Å²) in [5, 5.41) is 17.6. The van der Waals surface area contributed by atoms with Crippen molar-refractivity contribution in [2.45, 2.75) is 51.5 Å². The van der Waals surface area contributed by atoms with Gasteiger partial charge in [0.1, 0.15) is 6.04 Å². The molecule has 0 spiro atoms. The Morgan fingerprint density at radius 1 is 1.18 bits per heavy atom. The number of aliphatic hydroxyl groups is 1. The van der Waals surface area contributed by atoms with Crippen molar-refractivity contribution >= 4 is 22.6 Å². The Morgan fingerprint density at radius 3 is 2.64 bits per heavy atom. The summed E-state index contributed by atoms with van der Waals surface area (Å²) in [6.45, 7) is 4.42. The van der Waals surface area contributed by atoms with Crippen LogP contribution in [0.25, 0.3) is 10.8 Å². The summed E-state index contributed by atoms with van der Waals surface area (Å²) in [6, 6.07) is 12.7. The van der Waals surface area contributed by atoms with Gasteiger partial charge in [0.15, 0.2) is 6.29 Å². The molecule has 3 rings (SSSR count). The average Bonchev–Trinajstić information content (AvgIpc) is 3.05. The largest absolute Gasteiger partial charge is 0.366 e. The fraction of sp³-hybridized carbons (Fsp3) is 0.455. The van der Waals surface area contributed by atoms with Gasteiger partial charge in [-0.1, -0.05) is 56.3 Å². The van der Waals surface area contributed by atoms with Crippen LogP contribution in [0.5, 0.6) is 0 Å². The van der Waals surface area contributed by atoms with Crippen LogP contribution in [0, 0.1) is 5.92 Å². The van der Waals surface area contributed by atoms with Crippen LogP contribution in [0.15, 0.2) is 42.5 Å². The Labute approximate surface area is 165 Å². The number of ether oxygens (including phenoxy) is 1. The van der Waals surface area contributed by atoms with Gasteiger partial charge in [-0.3, -0.25) is 9.59 Å². The van der Waals surface area contributed by atoms with E-state index in [0.29, 0.717) is 19.4 Å². The minimum Gasteiger partial charge on any atom is -0.366 e. The smallest absolute Gasteiger partial charge is 0.242 e. The molecule has 0 aromatic heterocycles. The molecule has 1 aliphatic heterocycles. The van der Waals surface area contributed by atoms with Crippen molar-refractivity contribution < 1.29 is 19.4 Å². The molecular weight excluding hydrogens is 356 g/mol. The minimum atomic E-state index is -0.991. The first kappa shape index (κ1) is 20.3. The first-order valence-electron chi connectivity index (χ1n) is 9.80. The lowest BCUT2D eigenvalue weighted by molar-refractivity contribution is -0.131. The maximum Gasteiger partial charge on any atom is 0.242 e. The van der Waals surface area contributed by atoms with E-state index >= 15 is 0 Å². The predicted octanol–water partition coefficient (Wildman–Crippen LogP) is 2.14. The Hall–Kier alpha value is -2.44. The number of fused-ring (bicyclic) bond motifs is 1. The van der Waals surface area contributed by atoms with Crippen molar-refractivity contribution in [1.29, 1.82) is 0 Å². The summed E-state index contributed by atoms with van der Waals surface area (Å²) in [5.74, 6) is -0.242. The second kappa shape index (κ2) is 9.17. The molecular formula is C22H28N2O4. The average molecular weight is 384 g/mol. The molecule has 6 heteroatoms. The Bertz CT molecular complexity index is 831. The summed E-state index contributed by atoms with van der Waals surface area (Å²) in [4.78, 5) is 25.4. The van der Waals surface area contributed by atoms with Gasteiger partial charge >= 0.3 is 0 Å². The van der Waals surface area contributed by atoms with Gasteiger partial charge in [0.05, 0.1) is 19.1 Å². The molecule has 6 nitrogen and oxygen atoms in total. The van der Waals surface area contributed by atoms with Crippen molar-refractivity contribution in [2.24, 2.45) is 5.92 Å². The van der Waals surface area contributed by atoms with E-state index in [9.17, 15) is 14.7 Å². The van der Waals surface area contributed by atoms with Crippen LogP contribution in [0.4, 0.5) is 0 Å². The van der Waals surface area contributed by atoms with Crippen LogP contribution in [0.1, 0.15) is 32.3 Å². The first-order valence-corrected chi connectivity index (χ1v) is 9.80. The summed E-state index contributed by atoms with van der Waals surface area (Å²) in [6.07, 6.45) is 0.301. The molecule has 0 radical (unpaired) electrons. The van der Waals surface area contributed by atoms with E-state index in [1.165, 1.54) is 0 Å². The number of nitrogens with one attached hydrogen (secondary N) is 2. The zero-order chi connectivity index (χ0) is 20.1. The van der Waals surface area contributed by atoms with Crippen molar-refractivity contribution in [3.63, 3.8) is 0 Å². The fourth-order valence-corrected chi connectivity index (χ4v) is 3.57. The molecule has 1 saturated heterocycles. The van der Waals surface area contributed by atoms with Crippen LogP contribution >= 0.6 is 0 Å². The predicted molar refractivity (Wildman–Crippen MR) is 108 cm³/mol. The molecule has 150 valence electrons. The summed E-state index contributed by atoms with van der Waals surface area (Å²) < 4.78 is 5.08. The lowest BCUT2D eigenvalue weighted by Crippen LogP contribution is -2.52. The number of rotatable bonds is 7. The number of carbonyl (C=O) groups is 2. The third-order valence-electron chi connectivity index (χ3n) is 4.98. The van der Waals surface area contributed by atoms with Crippen LogP contribution in [-0.4, -0.2) is 41.9 Å². The quantitative estimate of drug-likeness (QED) is 0.683. The molecule has 28 heavy (non-hydrogen) atoms. The molecule has 1 unspecified atom stereocenters. The van der Waals surface area contributed by atoms with Gasteiger partial charge in [-0.25, -0.2) is 0 Å². The van der Waals surface area contributed by atoms with Gasteiger partial charge in [-0.2, -0.15) is 0 Å². The van der Waals surface area contributed by atoms with E-state index in [4.69, 9.17) is 4.74 Å². The van der Waals surface area contributed by atoms with Crippen LogP contribution < -0.4 is 10.6 Å². The number of carbonyl (C=O) groups excluding carboxylic acids is 2. The molecule has 0 saturated carbocycles. The van der Waals surface area contributed by atoms with Gasteiger partial charge < -0.3 is 20.5 Å². The SMILES string of the molecule is CC(C)C[C@H](NC(=O)Cc1cccc2ccccc12)C(=O)N[C@H]1CCOC1O. The highest BCUT2D eigenvalue weighted by Crippen LogP contribution is 2.19. The molecule has 1 fully saturated rings. The molecule has 1 heterocycles. The molecule has 2 aromatic rings. The highest BCUT2D eigenvalue weighted by Gasteiger charge is 2.31.